The molecule has 0 aliphatic heterocycles. The van der Waals surface area contributed by atoms with E-state index in [9.17, 15) is 4.79 Å². The van der Waals surface area contributed by atoms with Crippen molar-refractivity contribution in [1.82, 2.24) is 20.0 Å². The lowest BCUT2D eigenvalue weighted by Gasteiger charge is -2.19. The molecule has 1 unspecified atom stereocenters. The van der Waals surface area contributed by atoms with Gasteiger partial charge >= 0.3 is 0 Å². The van der Waals surface area contributed by atoms with Gasteiger partial charge in [-0.25, -0.2) is 4.98 Å². The summed E-state index contributed by atoms with van der Waals surface area (Å²) in [5.41, 5.74) is 3.56. The smallest absolute Gasteiger partial charge is 0.247 e. The summed E-state index contributed by atoms with van der Waals surface area (Å²) in [6, 6.07) is 11.0. The lowest BCUT2D eigenvalue weighted by molar-refractivity contribution is -0.118. The van der Waals surface area contributed by atoms with Gasteiger partial charge in [-0.2, -0.15) is 0 Å². The second-order valence-corrected chi connectivity index (χ2v) is 7.50. The molecule has 0 spiro atoms. The van der Waals surface area contributed by atoms with Gasteiger partial charge in [0.15, 0.2) is 5.82 Å². The molecule has 2 heterocycles. The molecule has 0 saturated heterocycles. The third-order valence-corrected chi connectivity index (χ3v) is 5.31. The van der Waals surface area contributed by atoms with Gasteiger partial charge < -0.3 is 19.7 Å². The summed E-state index contributed by atoms with van der Waals surface area (Å²) in [6.45, 7) is 3.42. The van der Waals surface area contributed by atoms with Crippen molar-refractivity contribution in [2.45, 2.75) is 51.6 Å². The van der Waals surface area contributed by atoms with E-state index in [1.54, 1.807) is 13.0 Å². The van der Waals surface area contributed by atoms with Gasteiger partial charge in [0.1, 0.15) is 11.8 Å². The largest absolute Gasteiger partial charge is 0.360 e. The summed E-state index contributed by atoms with van der Waals surface area (Å²) in [7, 11) is 0. The normalized spacial score (nSPS) is 14.4. The Kier molecular flexibility index (Phi) is 6.05. The number of aryl methyl sites for hydroxylation is 3. The monoisotopic (exact) mass is 393 g/mol. The SMILES string of the molecule is Cc1cc(NC(=O)C(NCCCn2cnc3c2CCCC3)c2ccccc2)no1. The molecular formula is C22H27N5O2. The minimum atomic E-state index is -0.454. The number of rotatable bonds is 8. The molecule has 3 aromatic rings. The number of carbonyl (C=O) groups excluding carboxylic acids is 1. The van der Waals surface area contributed by atoms with Gasteiger partial charge in [0.2, 0.25) is 5.91 Å². The lowest BCUT2D eigenvalue weighted by Crippen LogP contribution is -2.34. The maximum Gasteiger partial charge on any atom is 0.247 e. The standard InChI is InChI=1S/C22H27N5O2/c1-16-14-20(26-29-16)25-22(28)21(17-8-3-2-4-9-17)23-12-7-13-27-15-24-18-10-5-6-11-19(18)27/h2-4,8-9,14-15,21,23H,5-7,10-13H2,1H3,(H,25,26,28). The number of nitrogens with one attached hydrogen (secondary N) is 2. The maximum absolute atomic E-state index is 12.9. The van der Waals surface area contributed by atoms with E-state index in [2.05, 4.69) is 25.3 Å². The minimum absolute atomic E-state index is 0.149. The number of nitrogens with zero attached hydrogens (tertiary/aromatic N) is 3. The van der Waals surface area contributed by atoms with Crippen LogP contribution in [0.2, 0.25) is 0 Å². The van der Waals surface area contributed by atoms with Crippen LogP contribution in [0.1, 0.15) is 48.0 Å². The van der Waals surface area contributed by atoms with Gasteiger partial charge in [0.25, 0.3) is 0 Å². The van der Waals surface area contributed by atoms with Crippen molar-refractivity contribution in [2.75, 3.05) is 11.9 Å². The molecular weight excluding hydrogens is 366 g/mol. The molecule has 4 rings (SSSR count). The van der Waals surface area contributed by atoms with E-state index in [0.717, 1.165) is 37.9 Å². The molecule has 152 valence electrons. The summed E-state index contributed by atoms with van der Waals surface area (Å²) >= 11 is 0. The van der Waals surface area contributed by atoms with E-state index in [0.29, 0.717) is 11.6 Å². The Balaban J connectivity index is 1.37. The fraction of sp³-hybridized carbons (Fsp3) is 0.409. The Bertz CT molecular complexity index is 947. The summed E-state index contributed by atoms with van der Waals surface area (Å²) in [5, 5.41) is 10.1. The molecule has 2 N–H and O–H groups in total. The third kappa shape index (κ3) is 4.74. The number of fused-ring (bicyclic) bond motifs is 1. The average molecular weight is 393 g/mol. The van der Waals surface area contributed by atoms with Crippen LogP contribution >= 0.6 is 0 Å². The predicted octanol–water partition coefficient (Wildman–Crippen LogP) is 3.42. The van der Waals surface area contributed by atoms with E-state index in [1.807, 2.05) is 36.7 Å². The second kappa shape index (κ2) is 9.05. The number of hydrogen-bond acceptors (Lipinski definition) is 5. The van der Waals surface area contributed by atoms with Crippen LogP contribution < -0.4 is 10.6 Å². The van der Waals surface area contributed by atoms with E-state index >= 15 is 0 Å². The molecule has 1 aliphatic rings. The van der Waals surface area contributed by atoms with Crippen molar-refractivity contribution < 1.29 is 9.32 Å². The van der Waals surface area contributed by atoms with Crippen LogP contribution in [-0.4, -0.2) is 27.2 Å². The number of hydrogen-bond donors (Lipinski definition) is 2. The van der Waals surface area contributed by atoms with Gasteiger partial charge in [0, 0.05) is 18.3 Å². The van der Waals surface area contributed by atoms with Crippen molar-refractivity contribution in [2.24, 2.45) is 0 Å². The van der Waals surface area contributed by atoms with Crippen molar-refractivity contribution >= 4 is 11.7 Å². The Morgan fingerprint density at radius 1 is 1.24 bits per heavy atom. The Labute approximate surface area is 170 Å². The Hall–Kier alpha value is -2.93. The predicted molar refractivity (Wildman–Crippen MR) is 111 cm³/mol. The fourth-order valence-corrected chi connectivity index (χ4v) is 3.85. The fourth-order valence-electron chi connectivity index (χ4n) is 3.85. The van der Waals surface area contributed by atoms with Crippen LogP contribution in [0.15, 0.2) is 47.2 Å². The van der Waals surface area contributed by atoms with Gasteiger partial charge in [0.05, 0.1) is 12.0 Å². The highest BCUT2D eigenvalue weighted by Crippen LogP contribution is 2.20. The number of benzene rings is 1. The highest BCUT2D eigenvalue weighted by Gasteiger charge is 2.21. The van der Waals surface area contributed by atoms with Crippen LogP contribution in [0.4, 0.5) is 5.82 Å². The van der Waals surface area contributed by atoms with E-state index in [-0.39, 0.29) is 5.91 Å². The molecule has 2 aromatic heterocycles. The molecule has 1 aromatic carbocycles. The summed E-state index contributed by atoms with van der Waals surface area (Å²) in [6.07, 6.45) is 7.58. The number of anilines is 1. The highest BCUT2D eigenvalue weighted by molar-refractivity contribution is 5.94. The molecule has 1 atom stereocenters. The van der Waals surface area contributed by atoms with E-state index in [1.165, 1.54) is 24.2 Å². The maximum atomic E-state index is 12.9. The number of aromatic nitrogens is 3. The average Bonchev–Trinajstić information content (AvgIpc) is 3.34. The Morgan fingerprint density at radius 3 is 2.86 bits per heavy atom. The molecule has 7 nitrogen and oxygen atoms in total. The van der Waals surface area contributed by atoms with Gasteiger partial charge in [-0.15, -0.1) is 0 Å². The van der Waals surface area contributed by atoms with Gasteiger partial charge in [-0.3, -0.25) is 4.79 Å². The number of amides is 1. The third-order valence-electron chi connectivity index (χ3n) is 5.31. The minimum Gasteiger partial charge on any atom is -0.360 e. The molecule has 29 heavy (non-hydrogen) atoms. The number of carbonyl (C=O) groups is 1. The summed E-state index contributed by atoms with van der Waals surface area (Å²) in [4.78, 5) is 17.4. The zero-order chi connectivity index (χ0) is 20.1. The van der Waals surface area contributed by atoms with E-state index in [4.69, 9.17) is 4.52 Å². The van der Waals surface area contributed by atoms with Crippen LogP contribution in [0, 0.1) is 6.92 Å². The molecule has 7 heteroatoms. The molecule has 0 saturated carbocycles. The van der Waals surface area contributed by atoms with Gasteiger partial charge in [-0.1, -0.05) is 35.5 Å². The Morgan fingerprint density at radius 2 is 2.07 bits per heavy atom. The zero-order valence-corrected chi connectivity index (χ0v) is 16.7. The summed E-state index contributed by atoms with van der Waals surface area (Å²) in [5.74, 6) is 0.943. The molecule has 0 fully saturated rings. The first-order chi connectivity index (χ1) is 14.2. The molecule has 1 aliphatic carbocycles. The van der Waals surface area contributed by atoms with Crippen LogP contribution in [0.25, 0.3) is 0 Å². The first-order valence-corrected chi connectivity index (χ1v) is 10.3. The highest BCUT2D eigenvalue weighted by atomic mass is 16.5. The first kappa shape index (κ1) is 19.4. The zero-order valence-electron chi connectivity index (χ0n) is 16.7. The molecule has 0 radical (unpaired) electrons. The quantitative estimate of drug-likeness (QED) is 0.573. The first-order valence-electron chi connectivity index (χ1n) is 10.3. The van der Waals surface area contributed by atoms with Crippen LogP contribution in [-0.2, 0) is 24.2 Å². The van der Waals surface area contributed by atoms with Crippen molar-refractivity contribution in [3.05, 3.63) is 65.4 Å². The topological polar surface area (TPSA) is 85.0 Å². The summed E-state index contributed by atoms with van der Waals surface area (Å²) < 4.78 is 7.31. The molecule has 1 amide bonds. The van der Waals surface area contributed by atoms with Gasteiger partial charge in [-0.05, 0) is 51.1 Å². The van der Waals surface area contributed by atoms with Crippen molar-refractivity contribution in [1.29, 1.82) is 0 Å². The lowest BCUT2D eigenvalue weighted by atomic mass is 10.0. The van der Waals surface area contributed by atoms with Crippen LogP contribution in [0.5, 0.6) is 0 Å². The number of imidazole rings is 1. The van der Waals surface area contributed by atoms with Crippen LogP contribution in [0.3, 0.4) is 0 Å². The van der Waals surface area contributed by atoms with Crippen molar-refractivity contribution in [3.63, 3.8) is 0 Å². The van der Waals surface area contributed by atoms with Crippen molar-refractivity contribution in [3.8, 4) is 0 Å². The molecule has 0 bridgehead atoms. The van der Waals surface area contributed by atoms with E-state index < -0.39 is 6.04 Å². The second-order valence-electron chi connectivity index (χ2n) is 7.50.